The Morgan fingerprint density at radius 1 is 1.46 bits per heavy atom. The van der Waals surface area contributed by atoms with Crippen molar-refractivity contribution in [2.24, 2.45) is 0 Å². The predicted molar refractivity (Wildman–Crippen MR) is 52.0 cm³/mol. The van der Waals surface area contributed by atoms with Crippen LogP contribution >= 0.6 is 11.6 Å². The van der Waals surface area contributed by atoms with Crippen molar-refractivity contribution in [1.82, 2.24) is 5.32 Å². The van der Waals surface area contributed by atoms with Gasteiger partial charge in [-0.05, 0) is 37.3 Å². The summed E-state index contributed by atoms with van der Waals surface area (Å²) in [5, 5.41) is 12.1. The fraction of sp³-hybridized carbons (Fsp3) is 0.500. The van der Waals surface area contributed by atoms with Crippen molar-refractivity contribution in [1.29, 1.82) is 5.26 Å². The minimum atomic E-state index is -0.318. The van der Waals surface area contributed by atoms with Crippen LogP contribution in [0, 0.1) is 11.3 Å². The molecule has 3 heteroatoms. The number of allylic oxidation sites excluding steroid dienone is 3. The summed E-state index contributed by atoms with van der Waals surface area (Å²) in [7, 11) is 0. The Balaban J connectivity index is 2.52. The summed E-state index contributed by atoms with van der Waals surface area (Å²) in [4.78, 5) is 0. The third kappa shape index (κ3) is 1.24. The van der Waals surface area contributed by atoms with E-state index in [4.69, 9.17) is 16.9 Å². The van der Waals surface area contributed by atoms with E-state index >= 15 is 0 Å². The van der Waals surface area contributed by atoms with Crippen LogP contribution in [0.15, 0.2) is 22.4 Å². The molecule has 0 radical (unpaired) electrons. The Kier molecular flexibility index (Phi) is 2.05. The molecule has 0 aromatic heterocycles. The van der Waals surface area contributed by atoms with E-state index in [9.17, 15) is 0 Å². The van der Waals surface area contributed by atoms with Crippen LogP contribution in [0.4, 0.5) is 0 Å². The molecule has 0 aromatic carbocycles. The molecule has 0 bridgehead atoms. The maximum absolute atomic E-state index is 8.94. The molecule has 1 unspecified atom stereocenters. The van der Waals surface area contributed by atoms with Crippen LogP contribution in [-0.2, 0) is 0 Å². The first-order valence-electron chi connectivity index (χ1n) is 4.48. The number of dihydropyridines is 1. The van der Waals surface area contributed by atoms with Gasteiger partial charge in [-0.25, -0.2) is 0 Å². The highest BCUT2D eigenvalue weighted by molar-refractivity contribution is 6.22. The van der Waals surface area contributed by atoms with Gasteiger partial charge in [-0.2, -0.15) is 5.26 Å². The molecule has 13 heavy (non-hydrogen) atoms. The number of fused-ring (bicyclic) bond motifs is 1. The summed E-state index contributed by atoms with van der Waals surface area (Å²) < 4.78 is 0. The van der Waals surface area contributed by atoms with Crippen molar-refractivity contribution in [3.05, 3.63) is 22.4 Å². The number of hydrogen-bond acceptors (Lipinski definition) is 2. The highest BCUT2D eigenvalue weighted by Crippen LogP contribution is 2.38. The average molecular weight is 195 g/mol. The van der Waals surface area contributed by atoms with Crippen LogP contribution in [0.25, 0.3) is 0 Å². The third-order valence-electron chi connectivity index (χ3n) is 2.71. The first-order valence-corrected chi connectivity index (χ1v) is 4.91. The van der Waals surface area contributed by atoms with Crippen molar-refractivity contribution in [2.75, 3.05) is 0 Å². The zero-order valence-electron chi connectivity index (χ0n) is 7.52. The van der Waals surface area contributed by atoms with E-state index in [1.807, 2.05) is 6.92 Å². The highest BCUT2D eigenvalue weighted by Gasteiger charge is 2.28. The first kappa shape index (κ1) is 8.65. The Labute approximate surface area is 82.9 Å². The molecule has 0 spiro atoms. The molecule has 2 nitrogen and oxygen atoms in total. The standard InChI is InChI=1S/C10H11ClN2/c1-6-7-3-2-4-8(7)9(5-12)10(11)13-6/h10,13H,2-4H2,1H3. The Bertz CT molecular complexity index is 346. The molecular weight excluding hydrogens is 184 g/mol. The lowest BCUT2D eigenvalue weighted by Gasteiger charge is -2.23. The smallest absolute Gasteiger partial charge is 0.137 e. The molecule has 2 aliphatic rings. The third-order valence-corrected chi connectivity index (χ3v) is 3.04. The molecule has 1 saturated carbocycles. The Morgan fingerprint density at radius 2 is 2.15 bits per heavy atom. The lowest BCUT2D eigenvalue weighted by molar-refractivity contribution is 0.783. The van der Waals surface area contributed by atoms with Gasteiger partial charge in [-0.15, -0.1) is 0 Å². The second kappa shape index (κ2) is 3.08. The summed E-state index contributed by atoms with van der Waals surface area (Å²) in [5.74, 6) is 0. The van der Waals surface area contributed by atoms with Gasteiger partial charge in [0.2, 0.25) is 0 Å². The number of nitriles is 1. The fourth-order valence-corrected chi connectivity index (χ4v) is 2.43. The van der Waals surface area contributed by atoms with Crippen molar-refractivity contribution >= 4 is 11.6 Å². The molecule has 1 heterocycles. The molecule has 1 aliphatic heterocycles. The van der Waals surface area contributed by atoms with Crippen LogP contribution in [0.5, 0.6) is 0 Å². The number of halogens is 1. The summed E-state index contributed by atoms with van der Waals surface area (Å²) in [6.07, 6.45) is 3.25. The molecule has 1 aliphatic carbocycles. The van der Waals surface area contributed by atoms with Crippen LogP contribution in [0.2, 0.25) is 0 Å². The minimum Gasteiger partial charge on any atom is -0.368 e. The van der Waals surface area contributed by atoms with E-state index in [-0.39, 0.29) is 5.50 Å². The van der Waals surface area contributed by atoms with Crippen molar-refractivity contribution in [2.45, 2.75) is 31.7 Å². The van der Waals surface area contributed by atoms with Gasteiger partial charge in [-0.3, -0.25) is 0 Å². The average Bonchev–Trinajstić information content (AvgIpc) is 2.53. The minimum absolute atomic E-state index is 0.318. The van der Waals surface area contributed by atoms with E-state index in [1.165, 1.54) is 11.1 Å². The van der Waals surface area contributed by atoms with Gasteiger partial charge in [0.1, 0.15) is 5.50 Å². The maximum Gasteiger partial charge on any atom is 0.137 e. The van der Waals surface area contributed by atoms with Crippen LogP contribution < -0.4 is 5.32 Å². The van der Waals surface area contributed by atoms with Gasteiger partial charge >= 0.3 is 0 Å². The van der Waals surface area contributed by atoms with E-state index < -0.39 is 0 Å². The Hall–Kier alpha value is -0.940. The van der Waals surface area contributed by atoms with Crippen LogP contribution in [0.3, 0.4) is 0 Å². The quantitative estimate of drug-likeness (QED) is 0.475. The summed E-state index contributed by atoms with van der Waals surface area (Å²) in [6, 6.07) is 2.20. The van der Waals surface area contributed by atoms with E-state index in [0.717, 1.165) is 30.5 Å². The lowest BCUT2D eigenvalue weighted by Crippen LogP contribution is -2.29. The van der Waals surface area contributed by atoms with Gasteiger partial charge < -0.3 is 5.32 Å². The van der Waals surface area contributed by atoms with Gasteiger partial charge in [-0.1, -0.05) is 11.6 Å². The molecule has 1 N–H and O–H groups in total. The molecule has 68 valence electrons. The second-order valence-electron chi connectivity index (χ2n) is 3.47. The number of hydrogen-bond donors (Lipinski definition) is 1. The van der Waals surface area contributed by atoms with Gasteiger partial charge in [0.15, 0.2) is 0 Å². The van der Waals surface area contributed by atoms with Crippen molar-refractivity contribution < 1.29 is 0 Å². The number of nitrogens with zero attached hydrogens (tertiary/aromatic N) is 1. The predicted octanol–water partition coefficient (Wildman–Crippen LogP) is 2.43. The molecule has 1 atom stereocenters. The number of rotatable bonds is 0. The molecule has 0 aromatic rings. The fourth-order valence-electron chi connectivity index (χ4n) is 2.08. The van der Waals surface area contributed by atoms with E-state index in [1.54, 1.807) is 0 Å². The number of nitrogens with one attached hydrogen (secondary N) is 1. The SMILES string of the molecule is CC1=C2CCCC2=C(C#N)C(Cl)N1. The maximum atomic E-state index is 8.94. The second-order valence-corrected chi connectivity index (χ2v) is 3.90. The normalized spacial score (nSPS) is 27.0. The summed E-state index contributed by atoms with van der Waals surface area (Å²) in [5.41, 5.74) is 4.06. The summed E-state index contributed by atoms with van der Waals surface area (Å²) in [6.45, 7) is 2.03. The van der Waals surface area contributed by atoms with Crippen molar-refractivity contribution in [3.63, 3.8) is 0 Å². The topological polar surface area (TPSA) is 35.8 Å². The van der Waals surface area contributed by atoms with Gasteiger partial charge in [0, 0.05) is 5.70 Å². The largest absolute Gasteiger partial charge is 0.368 e. The van der Waals surface area contributed by atoms with Crippen molar-refractivity contribution in [3.8, 4) is 6.07 Å². The van der Waals surface area contributed by atoms with Crippen LogP contribution in [-0.4, -0.2) is 5.50 Å². The Morgan fingerprint density at radius 3 is 2.85 bits per heavy atom. The highest BCUT2D eigenvalue weighted by atomic mass is 35.5. The monoisotopic (exact) mass is 194 g/mol. The molecule has 2 rings (SSSR count). The molecule has 0 saturated heterocycles. The van der Waals surface area contributed by atoms with E-state index in [2.05, 4.69) is 11.4 Å². The molecular formula is C10H11ClN2. The summed E-state index contributed by atoms with van der Waals surface area (Å²) >= 11 is 6.02. The zero-order chi connectivity index (χ0) is 9.42. The molecule has 1 fully saturated rings. The van der Waals surface area contributed by atoms with Gasteiger partial charge in [0.25, 0.3) is 0 Å². The first-order chi connectivity index (χ1) is 6.24. The number of alkyl halides is 1. The lowest BCUT2D eigenvalue weighted by atomic mass is 9.98. The van der Waals surface area contributed by atoms with Crippen LogP contribution in [0.1, 0.15) is 26.2 Å². The molecule has 0 amide bonds. The van der Waals surface area contributed by atoms with E-state index in [0.29, 0.717) is 0 Å². The zero-order valence-corrected chi connectivity index (χ0v) is 8.28. The van der Waals surface area contributed by atoms with Gasteiger partial charge in [0.05, 0.1) is 11.6 Å².